The van der Waals surface area contributed by atoms with Crippen LogP contribution in [0.4, 0.5) is 4.79 Å². The molecule has 1 heterocycles. The zero-order chi connectivity index (χ0) is 20.0. The Morgan fingerprint density at radius 1 is 1.37 bits per heavy atom. The Morgan fingerprint density at radius 2 is 2.11 bits per heavy atom. The molecule has 0 radical (unpaired) electrons. The lowest BCUT2D eigenvalue weighted by Crippen LogP contribution is -2.39. The van der Waals surface area contributed by atoms with Crippen LogP contribution in [0.1, 0.15) is 56.0 Å². The minimum absolute atomic E-state index is 0.0225. The first-order chi connectivity index (χ1) is 12.7. The van der Waals surface area contributed by atoms with Crippen molar-refractivity contribution in [2.45, 2.75) is 51.7 Å². The van der Waals surface area contributed by atoms with Crippen LogP contribution in [0.5, 0.6) is 5.75 Å². The fourth-order valence-corrected chi connectivity index (χ4v) is 2.97. The van der Waals surface area contributed by atoms with E-state index in [9.17, 15) is 9.59 Å². The lowest BCUT2D eigenvalue weighted by atomic mass is 10.0. The molecule has 27 heavy (non-hydrogen) atoms. The number of rotatable bonds is 5. The second-order valence-corrected chi connectivity index (χ2v) is 7.46. The number of benzene rings is 1. The number of hydrogen-bond donors (Lipinski definition) is 0. The Hall–Kier alpha value is -2.81. The Bertz CT molecular complexity index is 771. The van der Waals surface area contributed by atoms with Crippen molar-refractivity contribution in [2.75, 3.05) is 13.7 Å². The molecule has 2 rings (SSSR count). The van der Waals surface area contributed by atoms with Crippen molar-refractivity contribution < 1.29 is 19.1 Å². The molecule has 1 saturated heterocycles. The molecule has 1 aliphatic rings. The number of nitriles is 1. The predicted octanol–water partition coefficient (Wildman–Crippen LogP) is 4.20. The lowest BCUT2D eigenvalue weighted by Gasteiger charge is -2.27. The van der Waals surface area contributed by atoms with Crippen LogP contribution in [0.2, 0.25) is 0 Å². The molecule has 1 aromatic carbocycles. The maximum Gasteiger partial charge on any atom is 0.410 e. The van der Waals surface area contributed by atoms with Crippen molar-refractivity contribution in [2.24, 2.45) is 0 Å². The third-order valence-corrected chi connectivity index (χ3v) is 4.20. The normalized spacial score (nSPS) is 17.0. The molecule has 1 aromatic rings. The van der Waals surface area contributed by atoms with Gasteiger partial charge in [-0.2, -0.15) is 5.26 Å². The van der Waals surface area contributed by atoms with E-state index in [0.717, 1.165) is 18.4 Å². The van der Waals surface area contributed by atoms with Crippen molar-refractivity contribution in [1.82, 2.24) is 4.90 Å². The van der Waals surface area contributed by atoms with Crippen LogP contribution < -0.4 is 4.74 Å². The lowest BCUT2D eigenvalue weighted by molar-refractivity contribution is 0.0256. The number of ketones is 1. The quantitative estimate of drug-likeness (QED) is 0.726. The molecule has 6 nitrogen and oxygen atoms in total. The van der Waals surface area contributed by atoms with Crippen LogP contribution in [0.25, 0.3) is 6.08 Å². The van der Waals surface area contributed by atoms with Gasteiger partial charge in [0.15, 0.2) is 5.78 Å². The third-order valence-electron chi connectivity index (χ3n) is 4.20. The zero-order valence-corrected chi connectivity index (χ0v) is 16.3. The Labute approximate surface area is 160 Å². The summed E-state index contributed by atoms with van der Waals surface area (Å²) in [6.45, 7) is 6.24. The maximum absolute atomic E-state index is 12.4. The minimum atomic E-state index is -0.521. The third kappa shape index (κ3) is 5.58. The number of carbonyl (C=O) groups is 2. The van der Waals surface area contributed by atoms with E-state index < -0.39 is 5.60 Å². The van der Waals surface area contributed by atoms with Crippen LogP contribution >= 0.6 is 0 Å². The van der Waals surface area contributed by atoms with Gasteiger partial charge < -0.3 is 14.4 Å². The summed E-state index contributed by atoms with van der Waals surface area (Å²) in [5.74, 6) is 0.171. The summed E-state index contributed by atoms with van der Waals surface area (Å²) in [7, 11) is 1.49. The number of methoxy groups -OCH3 is 1. The van der Waals surface area contributed by atoms with Gasteiger partial charge in [0.2, 0.25) is 0 Å². The summed E-state index contributed by atoms with van der Waals surface area (Å²) in [5, 5.41) is 8.70. The second kappa shape index (κ2) is 8.72. The number of hydrogen-bond acceptors (Lipinski definition) is 5. The van der Waals surface area contributed by atoms with Gasteiger partial charge in [0.05, 0.1) is 31.2 Å². The first-order valence-electron chi connectivity index (χ1n) is 9.01. The molecule has 0 spiro atoms. The van der Waals surface area contributed by atoms with Crippen molar-refractivity contribution in [3.63, 3.8) is 0 Å². The SMILES string of the molecule is COc1cc(/C=C/C2CCCN2C(=O)OC(C)(C)C)ccc1C(=O)CC#N. The summed E-state index contributed by atoms with van der Waals surface area (Å²) >= 11 is 0. The van der Waals surface area contributed by atoms with E-state index in [4.69, 9.17) is 14.7 Å². The van der Waals surface area contributed by atoms with Crippen molar-refractivity contribution in [1.29, 1.82) is 5.26 Å². The molecule has 1 fully saturated rings. The van der Waals surface area contributed by atoms with E-state index >= 15 is 0 Å². The molecule has 0 N–H and O–H groups in total. The maximum atomic E-state index is 12.4. The van der Waals surface area contributed by atoms with Crippen molar-refractivity contribution in [3.8, 4) is 11.8 Å². The van der Waals surface area contributed by atoms with Crippen molar-refractivity contribution >= 4 is 18.0 Å². The summed E-state index contributed by atoms with van der Waals surface area (Å²) in [6, 6.07) is 7.06. The molecule has 1 aliphatic heterocycles. The highest BCUT2D eigenvalue weighted by Gasteiger charge is 2.30. The largest absolute Gasteiger partial charge is 0.496 e. The molecule has 0 aromatic heterocycles. The van der Waals surface area contributed by atoms with E-state index in [1.807, 2.05) is 39.0 Å². The first-order valence-corrected chi connectivity index (χ1v) is 9.01. The van der Waals surface area contributed by atoms with E-state index in [0.29, 0.717) is 17.9 Å². The van der Waals surface area contributed by atoms with Gasteiger partial charge in [0, 0.05) is 6.54 Å². The van der Waals surface area contributed by atoms with E-state index in [1.165, 1.54) is 7.11 Å². The van der Waals surface area contributed by atoms with Gasteiger partial charge in [-0.1, -0.05) is 18.2 Å². The number of amides is 1. The summed E-state index contributed by atoms with van der Waals surface area (Å²) < 4.78 is 10.8. The Morgan fingerprint density at radius 3 is 2.74 bits per heavy atom. The highest BCUT2D eigenvalue weighted by atomic mass is 16.6. The van der Waals surface area contributed by atoms with Crippen LogP contribution in [-0.4, -0.2) is 42.1 Å². The topological polar surface area (TPSA) is 79.6 Å². The fourth-order valence-electron chi connectivity index (χ4n) is 2.97. The molecule has 1 amide bonds. The molecular weight excluding hydrogens is 344 g/mol. The average molecular weight is 370 g/mol. The van der Waals surface area contributed by atoms with Gasteiger partial charge >= 0.3 is 6.09 Å². The molecule has 0 aliphatic carbocycles. The van der Waals surface area contributed by atoms with Crippen LogP contribution in [0.3, 0.4) is 0 Å². The molecule has 144 valence electrons. The molecular formula is C21H26N2O4. The standard InChI is InChI=1S/C21H26N2O4/c1-21(2,3)27-20(25)23-13-5-6-16(23)9-7-15-8-10-17(18(24)11-12-22)19(14-15)26-4/h7-10,14,16H,5-6,11,13H2,1-4H3/b9-7+. The highest BCUT2D eigenvalue weighted by molar-refractivity contribution is 6.00. The molecule has 0 saturated carbocycles. The van der Waals surface area contributed by atoms with Gasteiger partial charge in [-0.15, -0.1) is 0 Å². The van der Waals surface area contributed by atoms with E-state index in [2.05, 4.69) is 0 Å². The predicted molar refractivity (Wildman–Crippen MR) is 103 cm³/mol. The van der Waals surface area contributed by atoms with Gasteiger partial charge in [0.1, 0.15) is 11.4 Å². The average Bonchev–Trinajstić information content (AvgIpc) is 3.07. The van der Waals surface area contributed by atoms with E-state index in [-0.39, 0.29) is 24.3 Å². The Kier molecular flexibility index (Phi) is 6.62. The van der Waals surface area contributed by atoms with Crippen LogP contribution in [0, 0.1) is 11.3 Å². The summed E-state index contributed by atoms with van der Waals surface area (Å²) in [4.78, 5) is 26.0. The zero-order valence-electron chi connectivity index (χ0n) is 16.3. The number of likely N-dealkylation sites (tertiary alicyclic amines) is 1. The highest BCUT2D eigenvalue weighted by Crippen LogP contribution is 2.25. The minimum Gasteiger partial charge on any atom is -0.496 e. The second-order valence-electron chi connectivity index (χ2n) is 7.46. The van der Waals surface area contributed by atoms with Gasteiger partial charge in [-0.05, 0) is 51.3 Å². The van der Waals surface area contributed by atoms with Gasteiger partial charge in [-0.3, -0.25) is 4.79 Å². The summed E-state index contributed by atoms with van der Waals surface area (Å²) in [6.07, 6.45) is 5.21. The number of carbonyl (C=O) groups excluding carboxylic acids is 2. The molecule has 6 heteroatoms. The van der Waals surface area contributed by atoms with Gasteiger partial charge in [-0.25, -0.2) is 4.79 Å². The smallest absolute Gasteiger partial charge is 0.410 e. The van der Waals surface area contributed by atoms with Crippen molar-refractivity contribution in [3.05, 3.63) is 35.4 Å². The first kappa shape index (κ1) is 20.5. The summed E-state index contributed by atoms with van der Waals surface area (Å²) in [5.41, 5.74) is 0.733. The Balaban J connectivity index is 2.13. The van der Waals surface area contributed by atoms with E-state index in [1.54, 1.807) is 23.1 Å². The number of ether oxygens (including phenoxy) is 2. The number of Topliss-reactive ketones (excluding diaryl/α,β-unsaturated/α-hetero) is 1. The van der Waals surface area contributed by atoms with Crippen LogP contribution in [0.15, 0.2) is 24.3 Å². The monoisotopic (exact) mass is 370 g/mol. The van der Waals surface area contributed by atoms with Crippen LogP contribution in [-0.2, 0) is 4.74 Å². The molecule has 1 unspecified atom stereocenters. The fraction of sp³-hybridized carbons (Fsp3) is 0.476. The molecule has 1 atom stereocenters. The molecule has 0 bridgehead atoms. The van der Waals surface area contributed by atoms with Gasteiger partial charge in [0.25, 0.3) is 0 Å². The number of nitrogens with zero attached hydrogens (tertiary/aromatic N) is 2.